The highest BCUT2D eigenvalue weighted by molar-refractivity contribution is 6.31. The van der Waals surface area contributed by atoms with E-state index in [2.05, 4.69) is 0 Å². The summed E-state index contributed by atoms with van der Waals surface area (Å²) in [6.07, 6.45) is -0.918. The van der Waals surface area contributed by atoms with E-state index in [4.69, 9.17) is 26.0 Å². The second-order valence-electron chi connectivity index (χ2n) is 3.79. The lowest BCUT2D eigenvalue weighted by Gasteiger charge is -2.05. The van der Waals surface area contributed by atoms with Crippen LogP contribution < -0.4 is 5.43 Å². The van der Waals surface area contributed by atoms with Gasteiger partial charge in [0.15, 0.2) is 11.5 Å². The quantitative estimate of drug-likeness (QED) is 0.788. The van der Waals surface area contributed by atoms with Crippen LogP contribution in [0.3, 0.4) is 0 Å². The molecule has 5 nitrogen and oxygen atoms in total. The minimum Gasteiger partial charge on any atom is -0.449 e. The summed E-state index contributed by atoms with van der Waals surface area (Å²) in [4.78, 5) is 23.5. The number of fused-ring (bicyclic) bond motifs is 1. The van der Waals surface area contributed by atoms with Crippen molar-refractivity contribution in [2.75, 3.05) is 0 Å². The van der Waals surface area contributed by atoms with Crippen LogP contribution in [0.5, 0.6) is 0 Å². The summed E-state index contributed by atoms with van der Waals surface area (Å²) in [5, 5.41) is 9.23. The van der Waals surface area contributed by atoms with Gasteiger partial charge in [0.2, 0.25) is 5.76 Å². The highest BCUT2D eigenvalue weighted by Gasteiger charge is 2.16. The predicted molar refractivity (Wildman–Crippen MR) is 68.0 cm³/mol. The zero-order valence-electron chi connectivity index (χ0n) is 9.84. The van der Waals surface area contributed by atoms with E-state index in [-0.39, 0.29) is 16.7 Å². The van der Waals surface area contributed by atoms with Gasteiger partial charge >= 0.3 is 5.97 Å². The Hall–Kier alpha value is -2.32. The first-order valence-electron chi connectivity index (χ1n) is 5.35. The Kier molecular flexibility index (Phi) is 3.54. The van der Waals surface area contributed by atoms with Crippen molar-refractivity contribution in [2.24, 2.45) is 0 Å². The van der Waals surface area contributed by atoms with Gasteiger partial charge in [-0.05, 0) is 25.1 Å². The van der Waals surface area contributed by atoms with Crippen LogP contribution in [0, 0.1) is 11.3 Å². The monoisotopic (exact) mass is 277 g/mol. The maximum Gasteiger partial charge on any atom is 0.375 e. The molecule has 0 radical (unpaired) electrons. The van der Waals surface area contributed by atoms with Crippen LogP contribution in [0.4, 0.5) is 0 Å². The standard InChI is InChI=1S/C13H8ClNO4/c1-7(6-15)18-13(17)12-5-10(16)9-4-8(14)2-3-11(9)19-12/h2-5,7H,1H3/t7-/m1/s1. The minimum atomic E-state index is -0.918. The van der Waals surface area contributed by atoms with Crippen LogP contribution in [-0.4, -0.2) is 12.1 Å². The van der Waals surface area contributed by atoms with Crippen LogP contribution >= 0.6 is 11.6 Å². The Morgan fingerprint density at radius 3 is 2.89 bits per heavy atom. The molecule has 0 bridgehead atoms. The first-order valence-corrected chi connectivity index (χ1v) is 5.73. The topological polar surface area (TPSA) is 80.3 Å². The van der Waals surface area contributed by atoms with Crippen LogP contribution in [0.1, 0.15) is 17.5 Å². The van der Waals surface area contributed by atoms with Crippen LogP contribution in [0.15, 0.2) is 33.5 Å². The summed E-state index contributed by atoms with van der Waals surface area (Å²) in [5.41, 5.74) is -0.172. The van der Waals surface area contributed by atoms with Crippen molar-refractivity contribution in [2.45, 2.75) is 13.0 Å². The largest absolute Gasteiger partial charge is 0.449 e. The zero-order valence-corrected chi connectivity index (χ0v) is 10.6. The number of benzene rings is 1. The maximum absolute atomic E-state index is 11.8. The molecule has 0 unspecified atom stereocenters. The van der Waals surface area contributed by atoms with E-state index in [1.807, 2.05) is 0 Å². The van der Waals surface area contributed by atoms with Crippen molar-refractivity contribution in [3.05, 3.63) is 45.3 Å². The zero-order chi connectivity index (χ0) is 14.0. The number of rotatable bonds is 2. The second-order valence-corrected chi connectivity index (χ2v) is 4.23. The minimum absolute atomic E-state index is 0.230. The van der Waals surface area contributed by atoms with Gasteiger partial charge in [0.1, 0.15) is 11.7 Å². The molecule has 1 atom stereocenters. The fraction of sp³-hybridized carbons (Fsp3) is 0.154. The summed E-state index contributed by atoms with van der Waals surface area (Å²) >= 11 is 5.77. The van der Waals surface area contributed by atoms with Gasteiger partial charge in [-0.3, -0.25) is 4.79 Å². The predicted octanol–water partition coefficient (Wildman–Crippen LogP) is 2.52. The molecular weight excluding hydrogens is 270 g/mol. The van der Waals surface area contributed by atoms with E-state index in [1.165, 1.54) is 19.1 Å². The summed E-state index contributed by atoms with van der Waals surface area (Å²) in [5.74, 6) is -1.11. The number of carbonyl (C=O) groups excluding carboxylic acids is 1. The van der Waals surface area contributed by atoms with E-state index >= 15 is 0 Å². The van der Waals surface area contributed by atoms with Gasteiger partial charge in [-0.1, -0.05) is 11.6 Å². The number of halogens is 1. The molecule has 1 aromatic carbocycles. The van der Waals surface area contributed by atoms with Gasteiger partial charge in [0.25, 0.3) is 0 Å². The molecule has 6 heteroatoms. The second kappa shape index (κ2) is 5.12. The molecule has 2 rings (SSSR count). The third-order valence-corrected chi connectivity index (χ3v) is 2.59. The fourth-order valence-corrected chi connectivity index (χ4v) is 1.65. The normalized spacial score (nSPS) is 11.8. The average Bonchev–Trinajstić information content (AvgIpc) is 2.39. The highest BCUT2D eigenvalue weighted by Crippen LogP contribution is 2.18. The molecule has 0 aliphatic carbocycles. The average molecular weight is 278 g/mol. The summed E-state index contributed by atoms with van der Waals surface area (Å²) in [6, 6.07) is 7.25. The molecule has 0 spiro atoms. The molecule has 2 aromatic rings. The number of hydrogen-bond donors (Lipinski definition) is 0. The molecule has 0 fully saturated rings. The van der Waals surface area contributed by atoms with E-state index < -0.39 is 17.5 Å². The van der Waals surface area contributed by atoms with Crippen molar-refractivity contribution in [3.63, 3.8) is 0 Å². The Labute approximate surface area is 113 Å². The van der Waals surface area contributed by atoms with Gasteiger partial charge in [-0.25, -0.2) is 4.79 Å². The SMILES string of the molecule is C[C@H](C#N)OC(=O)c1cc(=O)c2cc(Cl)ccc2o1. The van der Waals surface area contributed by atoms with Crippen molar-refractivity contribution in [1.82, 2.24) is 0 Å². The van der Waals surface area contributed by atoms with Crippen molar-refractivity contribution >= 4 is 28.5 Å². The number of carbonyl (C=O) groups is 1. The number of esters is 1. The van der Waals surface area contributed by atoms with E-state index in [9.17, 15) is 9.59 Å². The molecule has 96 valence electrons. The molecule has 1 aromatic heterocycles. The Morgan fingerprint density at radius 1 is 1.47 bits per heavy atom. The van der Waals surface area contributed by atoms with Crippen molar-refractivity contribution in [3.8, 4) is 6.07 Å². The van der Waals surface area contributed by atoms with E-state index in [0.717, 1.165) is 6.07 Å². The number of hydrogen-bond acceptors (Lipinski definition) is 5. The molecule has 1 heterocycles. The lowest BCUT2D eigenvalue weighted by atomic mass is 10.2. The van der Waals surface area contributed by atoms with Gasteiger partial charge < -0.3 is 9.15 Å². The Morgan fingerprint density at radius 2 is 2.21 bits per heavy atom. The number of ether oxygens (including phenoxy) is 1. The Bertz CT molecular complexity index is 744. The Balaban J connectivity index is 2.47. The van der Waals surface area contributed by atoms with E-state index in [0.29, 0.717) is 5.02 Å². The van der Waals surface area contributed by atoms with Gasteiger partial charge in [-0.15, -0.1) is 0 Å². The van der Waals surface area contributed by atoms with Gasteiger partial charge in [0, 0.05) is 11.1 Å². The van der Waals surface area contributed by atoms with E-state index in [1.54, 1.807) is 12.1 Å². The van der Waals surface area contributed by atoms with Crippen LogP contribution in [-0.2, 0) is 4.74 Å². The lowest BCUT2D eigenvalue weighted by Crippen LogP contribution is -2.15. The summed E-state index contributed by atoms with van der Waals surface area (Å²) < 4.78 is 10.0. The maximum atomic E-state index is 11.8. The highest BCUT2D eigenvalue weighted by atomic mass is 35.5. The van der Waals surface area contributed by atoms with Crippen LogP contribution in [0.2, 0.25) is 5.02 Å². The lowest BCUT2D eigenvalue weighted by molar-refractivity contribution is 0.0399. The molecule has 0 aliphatic rings. The fourth-order valence-electron chi connectivity index (χ4n) is 1.47. The third kappa shape index (κ3) is 2.75. The molecule has 0 saturated carbocycles. The molecule has 0 amide bonds. The summed E-state index contributed by atoms with van der Waals surface area (Å²) in [6.45, 7) is 1.41. The molecule has 0 saturated heterocycles. The molecular formula is C13H8ClNO4. The molecule has 19 heavy (non-hydrogen) atoms. The van der Waals surface area contributed by atoms with Crippen molar-refractivity contribution < 1.29 is 13.9 Å². The van der Waals surface area contributed by atoms with Crippen molar-refractivity contribution in [1.29, 1.82) is 5.26 Å². The molecule has 0 N–H and O–H groups in total. The molecule has 0 aliphatic heterocycles. The van der Waals surface area contributed by atoms with Crippen LogP contribution in [0.25, 0.3) is 11.0 Å². The summed E-state index contributed by atoms with van der Waals surface area (Å²) in [7, 11) is 0. The smallest absolute Gasteiger partial charge is 0.375 e. The third-order valence-electron chi connectivity index (χ3n) is 2.36. The first-order chi connectivity index (χ1) is 9.01. The van der Waals surface area contributed by atoms with Gasteiger partial charge in [0.05, 0.1) is 5.39 Å². The van der Waals surface area contributed by atoms with Gasteiger partial charge in [-0.2, -0.15) is 5.26 Å². The number of nitriles is 1. The first kappa shape index (κ1) is 13.1. The number of nitrogens with zero attached hydrogens (tertiary/aromatic N) is 1.